The van der Waals surface area contributed by atoms with Crippen molar-refractivity contribution in [3.8, 4) is 0 Å². The van der Waals surface area contributed by atoms with Crippen LogP contribution in [0.5, 0.6) is 0 Å². The second-order valence-electron chi connectivity index (χ2n) is 4.86. The summed E-state index contributed by atoms with van der Waals surface area (Å²) < 4.78 is 24.8. The lowest BCUT2D eigenvalue weighted by Gasteiger charge is -2.35. The predicted octanol–water partition coefficient (Wildman–Crippen LogP) is 0.0205. The average Bonchev–Trinajstić information content (AvgIpc) is 2.45. The highest BCUT2D eigenvalue weighted by molar-refractivity contribution is 7.88. The lowest BCUT2D eigenvalue weighted by molar-refractivity contribution is 0.0612. The first-order valence-electron chi connectivity index (χ1n) is 6.49. The molecule has 2 rings (SSSR count). The summed E-state index contributed by atoms with van der Waals surface area (Å²) >= 11 is 0. The highest BCUT2D eigenvalue weighted by Crippen LogP contribution is 2.18. The molecule has 0 bridgehead atoms. The van der Waals surface area contributed by atoms with Gasteiger partial charge in [0.15, 0.2) is 0 Å². The zero-order valence-corrected chi connectivity index (χ0v) is 12.1. The lowest BCUT2D eigenvalue weighted by atomic mass is 10.0. The topological polar surface area (TPSA) is 92.3 Å². The Morgan fingerprint density at radius 1 is 1.45 bits per heavy atom. The molecule has 7 nitrogen and oxygen atoms in total. The van der Waals surface area contributed by atoms with E-state index in [-0.39, 0.29) is 18.5 Å². The number of hydrogen-bond acceptors (Lipinski definition) is 5. The van der Waals surface area contributed by atoms with Crippen molar-refractivity contribution < 1.29 is 13.2 Å². The maximum absolute atomic E-state index is 12.4. The van der Waals surface area contributed by atoms with Crippen molar-refractivity contribution in [2.75, 3.05) is 19.3 Å². The highest BCUT2D eigenvalue weighted by Gasteiger charge is 2.28. The largest absolute Gasteiger partial charge is 0.333 e. The molecule has 2 heterocycles. The second kappa shape index (κ2) is 6.27. The van der Waals surface area contributed by atoms with E-state index < -0.39 is 10.0 Å². The second-order valence-corrected chi connectivity index (χ2v) is 6.69. The fourth-order valence-corrected chi connectivity index (χ4v) is 2.78. The maximum atomic E-state index is 12.4. The molecular weight excluding hydrogens is 280 g/mol. The molecule has 1 amide bonds. The summed E-state index contributed by atoms with van der Waals surface area (Å²) in [5.74, 6) is -0.196. The number of carbonyl (C=O) groups excluding carboxylic acids is 1. The monoisotopic (exact) mass is 298 g/mol. The van der Waals surface area contributed by atoms with Gasteiger partial charge in [0, 0.05) is 31.5 Å². The van der Waals surface area contributed by atoms with Crippen LogP contribution in [0.3, 0.4) is 0 Å². The summed E-state index contributed by atoms with van der Waals surface area (Å²) in [5, 5.41) is 0. The number of sulfonamides is 1. The molecule has 0 aromatic carbocycles. The molecule has 0 aliphatic carbocycles. The first kappa shape index (κ1) is 14.9. The SMILES string of the molecule is CS(=O)(=O)NCC1CCCCN1C(=O)c1cnccn1. The molecule has 1 aliphatic heterocycles. The van der Waals surface area contributed by atoms with Gasteiger partial charge < -0.3 is 4.90 Å². The summed E-state index contributed by atoms with van der Waals surface area (Å²) in [4.78, 5) is 22.0. The van der Waals surface area contributed by atoms with Crippen LogP contribution in [0.4, 0.5) is 0 Å². The van der Waals surface area contributed by atoms with E-state index in [1.165, 1.54) is 18.6 Å². The van der Waals surface area contributed by atoms with Gasteiger partial charge in [-0.25, -0.2) is 18.1 Å². The number of aromatic nitrogens is 2. The summed E-state index contributed by atoms with van der Waals surface area (Å²) in [6.45, 7) is 0.857. The minimum Gasteiger partial charge on any atom is -0.333 e. The van der Waals surface area contributed by atoms with E-state index in [0.717, 1.165) is 25.5 Å². The quantitative estimate of drug-likeness (QED) is 0.846. The first-order chi connectivity index (χ1) is 9.47. The molecule has 1 atom stereocenters. The normalized spacial score (nSPS) is 19.9. The van der Waals surface area contributed by atoms with Crippen LogP contribution in [0.1, 0.15) is 29.8 Å². The summed E-state index contributed by atoms with van der Waals surface area (Å²) in [7, 11) is -3.25. The molecule has 0 radical (unpaired) electrons. The van der Waals surface area contributed by atoms with Crippen LogP contribution in [0.25, 0.3) is 0 Å². The molecule has 1 saturated heterocycles. The van der Waals surface area contributed by atoms with Crippen LogP contribution in [0.15, 0.2) is 18.6 Å². The van der Waals surface area contributed by atoms with Crippen molar-refractivity contribution in [1.82, 2.24) is 19.6 Å². The van der Waals surface area contributed by atoms with Gasteiger partial charge in [-0.2, -0.15) is 0 Å². The minimum absolute atomic E-state index is 0.131. The van der Waals surface area contributed by atoms with E-state index in [9.17, 15) is 13.2 Å². The molecule has 1 aromatic heterocycles. The Kier molecular flexibility index (Phi) is 4.66. The minimum atomic E-state index is -3.25. The molecule has 0 spiro atoms. The van der Waals surface area contributed by atoms with Crippen LogP contribution >= 0.6 is 0 Å². The number of hydrogen-bond donors (Lipinski definition) is 1. The Labute approximate surface area is 118 Å². The Bertz CT molecular complexity index is 561. The van der Waals surface area contributed by atoms with Gasteiger partial charge >= 0.3 is 0 Å². The van der Waals surface area contributed by atoms with Crippen molar-refractivity contribution in [3.63, 3.8) is 0 Å². The van der Waals surface area contributed by atoms with Crippen LogP contribution in [-0.2, 0) is 10.0 Å². The van der Waals surface area contributed by atoms with Gasteiger partial charge in [0.1, 0.15) is 5.69 Å². The first-order valence-corrected chi connectivity index (χ1v) is 8.38. The Balaban J connectivity index is 2.09. The zero-order valence-electron chi connectivity index (χ0n) is 11.3. The van der Waals surface area contributed by atoms with Crippen LogP contribution in [0.2, 0.25) is 0 Å². The molecule has 1 unspecified atom stereocenters. The number of likely N-dealkylation sites (tertiary alicyclic amines) is 1. The van der Waals surface area contributed by atoms with E-state index in [2.05, 4.69) is 14.7 Å². The van der Waals surface area contributed by atoms with Crippen LogP contribution in [-0.4, -0.2) is 54.6 Å². The fraction of sp³-hybridized carbons (Fsp3) is 0.583. The fourth-order valence-electron chi connectivity index (χ4n) is 2.28. The molecule has 1 aliphatic rings. The van der Waals surface area contributed by atoms with E-state index >= 15 is 0 Å². The highest BCUT2D eigenvalue weighted by atomic mass is 32.2. The van der Waals surface area contributed by atoms with Gasteiger partial charge in [-0.1, -0.05) is 0 Å². The Morgan fingerprint density at radius 2 is 2.25 bits per heavy atom. The standard InChI is InChI=1S/C12H18N4O3S/c1-20(18,19)15-8-10-4-2-3-7-16(10)12(17)11-9-13-5-6-14-11/h5-6,9-10,15H,2-4,7-8H2,1H3. The van der Waals surface area contributed by atoms with Gasteiger partial charge in [-0.05, 0) is 19.3 Å². The third kappa shape index (κ3) is 3.97. The Morgan fingerprint density at radius 3 is 2.90 bits per heavy atom. The number of rotatable bonds is 4. The molecule has 0 saturated carbocycles. The van der Waals surface area contributed by atoms with E-state index in [1.54, 1.807) is 4.90 Å². The summed E-state index contributed by atoms with van der Waals surface area (Å²) in [5.41, 5.74) is 0.291. The maximum Gasteiger partial charge on any atom is 0.274 e. The lowest BCUT2D eigenvalue weighted by Crippen LogP contribution is -2.49. The predicted molar refractivity (Wildman–Crippen MR) is 73.6 cm³/mol. The summed E-state index contributed by atoms with van der Waals surface area (Å²) in [6, 6.07) is -0.131. The third-order valence-corrected chi connectivity index (χ3v) is 3.94. The molecule has 1 aromatic rings. The third-order valence-electron chi connectivity index (χ3n) is 3.25. The molecule has 1 N–H and O–H groups in total. The van der Waals surface area contributed by atoms with Gasteiger partial charge in [0.05, 0.1) is 12.5 Å². The van der Waals surface area contributed by atoms with E-state index in [1.807, 2.05) is 0 Å². The molecule has 110 valence electrons. The van der Waals surface area contributed by atoms with Crippen molar-refractivity contribution in [2.45, 2.75) is 25.3 Å². The van der Waals surface area contributed by atoms with Crippen LogP contribution < -0.4 is 4.72 Å². The molecule has 1 fully saturated rings. The van der Waals surface area contributed by atoms with Crippen LogP contribution in [0, 0.1) is 0 Å². The molecule has 8 heteroatoms. The number of nitrogens with zero attached hydrogens (tertiary/aromatic N) is 3. The van der Waals surface area contributed by atoms with Gasteiger partial charge in [-0.3, -0.25) is 9.78 Å². The number of nitrogens with one attached hydrogen (secondary N) is 1. The molecule has 20 heavy (non-hydrogen) atoms. The van der Waals surface area contributed by atoms with E-state index in [0.29, 0.717) is 12.2 Å². The van der Waals surface area contributed by atoms with Gasteiger partial charge in [0.2, 0.25) is 10.0 Å². The molecular formula is C12H18N4O3S. The summed E-state index contributed by atoms with van der Waals surface area (Å²) in [6.07, 6.45) is 8.22. The van der Waals surface area contributed by atoms with Crippen molar-refractivity contribution in [3.05, 3.63) is 24.3 Å². The zero-order chi connectivity index (χ0) is 14.6. The van der Waals surface area contributed by atoms with Crippen molar-refractivity contribution >= 4 is 15.9 Å². The smallest absolute Gasteiger partial charge is 0.274 e. The van der Waals surface area contributed by atoms with Gasteiger partial charge in [-0.15, -0.1) is 0 Å². The number of carbonyl (C=O) groups is 1. The average molecular weight is 298 g/mol. The van der Waals surface area contributed by atoms with Crippen molar-refractivity contribution in [1.29, 1.82) is 0 Å². The number of piperidine rings is 1. The van der Waals surface area contributed by atoms with Crippen molar-refractivity contribution in [2.24, 2.45) is 0 Å². The Hall–Kier alpha value is -1.54. The number of amides is 1. The van der Waals surface area contributed by atoms with Gasteiger partial charge in [0.25, 0.3) is 5.91 Å². The van der Waals surface area contributed by atoms with E-state index in [4.69, 9.17) is 0 Å².